The number of benzene rings is 8. The molecule has 266 valence electrons. The van der Waals surface area contributed by atoms with E-state index in [-0.39, 0.29) is 0 Å². The molecule has 6 heteroatoms. The van der Waals surface area contributed by atoms with Crippen molar-refractivity contribution in [3.05, 3.63) is 176 Å². The molecule has 0 aliphatic heterocycles. The first-order chi connectivity index (χ1) is 28.2. The van der Waals surface area contributed by atoms with Crippen LogP contribution in [0.3, 0.4) is 0 Å². The Morgan fingerprint density at radius 2 is 0.754 bits per heavy atom. The molecule has 0 aliphatic rings. The highest BCUT2D eigenvalue weighted by molar-refractivity contribution is 6.12. The van der Waals surface area contributed by atoms with Gasteiger partial charge in [-0.05, 0) is 59.2 Å². The maximum absolute atomic E-state index is 6.32. The summed E-state index contributed by atoms with van der Waals surface area (Å²) < 4.78 is 18.7. The van der Waals surface area contributed by atoms with E-state index in [0.717, 1.165) is 105 Å². The molecule has 0 bridgehead atoms. The van der Waals surface area contributed by atoms with Crippen molar-refractivity contribution in [2.45, 2.75) is 0 Å². The fraction of sp³-hybridized carbons (Fsp3) is 0. The quantitative estimate of drug-likeness (QED) is 0.175. The molecule has 0 amide bonds. The number of hydrogen-bond acceptors (Lipinski definition) is 6. The smallest absolute Gasteiger partial charge is 0.164 e. The lowest BCUT2D eigenvalue weighted by Crippen LogP contribution is -2.00. The summed E-state index contributed by atoms with van der Waals surface area (Å²) in [5.74, 6) is 1.73. The second-order valence-corrected chi connectivity index (χ2v) is 14.3. The van der Waals surface area contributed by atoms with Crippen LogP contribution in [0.5, 0.6) is 0 Å². The van der Waals surface area contributed by atoms with Gasteiger partial charge in [-0.2, -0.15) is 0 Å². The number of furan rings is 3. The van der Waals surface area contributed by atoms with Crippen molar-refractivity contribution in [2.75, 3.05) is 0 Å². The maximum Gasteiger partial charge on any atom is 0.164 e. The number of fused-ring (bicyclic) bond motifs is 9. The molecule has 8 aromatic carbocycles. The normalized spacial score (nSPS) is 11.9. The predicted octanol–water partition coefficient (Wildman–Crippen LogP) is 13.9. The standard InChI is InChI=1S/C51H29N3O3/c1-5-16-43-36(9-1)38-13-7-12-35(48(38)57-43)32-23-19-30(20-24-32)31-21-25-33(26-22-31)49-52-50(34-27-28-45-41(29-34)37-10-2-4-15-42(37)55-45)54-51(53-49)40-14-8-18-46-47(40)39-11-3-6-17-44(39)56-46/h1-29H. The number of rotatable bonds is 5. The van der Waals surface area contributed by atoms with E-state index in [1.807, 2.05) is 72.8 Å². The molecule has 0 saturated carbocycles. The van der Waals surface area contributed by atoms with Crippen molar-refractivity contribution in [2.24, 2.45) is 0 Å². The van der Waals surface area contributed by atoms with Gasteiger partial charge in [0, 0.05) is 54.6 Å². The molecule has 0 fully saturated rings. The molecule has 0 saturated heterocycles. The first-order valence-corrected chi connectivity index (χ1v) is 18.9. The molecule has 6 nitrogen and oxygen atoms in total. The average Bonchev–Trinajstić information content (AvgIpc) is 3.97. The number of aromatic nitrogens is 3. The molecule has 0 atom stereocenters. The van der Waals surface area contributed by atoms with Crippen molar-refractivity contribution in [1.29, 1.82) is 0 Å². The van der Waals surface area contributed by atoms with Gasteiger partial charge in [0.05, 0.1) is 0 Å². The minimum atomic E-state index is 0.573. The summed E-state index contributed by atoms with van der Waals surface area (Å²) in [6.07, 6.45) is 0. The summed E-state index contributed by atoms with van der Waals surface area (Å²) in [5, 5.41) is 6.30. The zero-order chi connectivity index (χ0) is 37.5. The van der Waals surface area contributed by atoms with Crippen LogP contribution in [0.2, 0.25) is 0 Å². The summed E-state index contributed by atoms with van der Waals surface area (Å²) >= 11 is 0. The van der Waals surface area contributed by atoms with E-state index in [1.54, 1.807) is 0 Å². The Morgan fingerprint density at radius 1 is 0.281 bits per heavy atom. The highest BCUT2D eigenvalue weighted by atomic mass is 16.3. The molecule has 12 aromatic rings. The fourth-order valence-corrected chi connectivity index (χ4v) is 8.21. The number of hydrogen-bond donors (Lipinski definition) is 0. The van der Waals surface area contributed by atoms with Gasteiger partial charge in [-0.15, -0.1) is 0 Å². The van der Waals surface area contributed by atoms with Crippen LogP contribution in [-0.2, 0) is 0 Å². The van der Waals surface area contributed by atoms with Gasteiger partial charge in [0.15, 0.2) is 17.5 Å². The van der Waals surface area contributed by atoms with E-state index in [4.69, 9.17) is 28.2 Å². The summed E-state index contributed by atoms with van der Waals surface area (Å²) in [4.78, 5) is 15.4. The lowest BCUT2D eigenvalue weighted by atomic mass is 9.98. The summed E-state index contributed by atoms with van der Waals surface area (Å²) in [5.41, 5.74) is 12.1. The van der Waals surface area contributed by atoms with Gasteiger partial charge in [-0.3, -0.25) is 0 Å². The third kappa shape index (κ3) is 5.08. The SMILES string of the molecule is c1ccc2c(c1)oc1ccc(-c3nc(-c4ccc(-c5ccc(-c6cccc7c6oc6ccccc67)cc5)cc4)nc(-c4cccc5oc6ccccc6c45)n3)cc12. The van der Waals surface area contributed by atoms with E-state index in [9.17, 15) is 0 Å². The lowest BCUT2D eigenvalue weighted by Gasteiger charge is -2.10. The van der Waals surface area contributed by atoms with E-state index >= 15 is 0 Å². The van der Waals surface area contributed by atoms with Crippen molar-refractivity contribution < 1.29 is 13.3 Å². The van der Waals surface area contributed by atoms with Gasteiger partial charge in [-0.1, -0.05) is 133 Å². The molecule has 4 aromatic heterocycles. The Morgan fingerprint density at radius 3 is 1.51 bits per heavy atom. The Bertz CT molecular complexity index is 3520. The minimum Gasteiger partial charge on any atom is -0.456 e. The van der Waals surface area contributed by atoms with Crippen molar-refractivity contribution in [3.8, 4) is 56.4 Å². The molecule has 0 radical (unpaired) electrons. The van der Waals surface area contributed by atoms with E-state index in [1.165, 1.54) is 0 Å². The second-order valence-electron chi connectivity index (χ2n) is 14.3. The van der Waals surface area contributed by atoms with Gasteiger partial charge < -0.3 is 13.3 Å². The molecular formula is C51H29N3O3. The Kier molecular flexibility index (Phi) is 6.83. The number of para-hydroxylation sites is 4. The van der Waals surface area contributed by atoms with Crippen LogP contribution in [0, 0.1) is 0 Å². The summed E-state index contributed by atoms with van der Waals surface area (Å²) in [6, 6.07) is 59.9. The molecule has 12 rings (SSSR count). The topological polar surface area (TPSA) is 78.1 Å². The number of nitrogens with zero attached hydrogens (tertiary/aromatic N) is 3. The molecule has 0 aliphatic carbocycles. The molecule has 57 heavy (non-hydrogen) atoms. The maximum atomic E-state index is 6.32. The van der Waals surface area contributed by atoms with Gasteiger partial charge in [0.1, 0.15) is 33.5 Å². The highest BCUT2D eigenvalue weighted by Gasteiger charge is 2.19. The van der Waals surface area contributed by atoms with Gasteiger partial charge in [0.2, 0.25) is 0 Å². The van der Waals surface area contributed by atoms with Gasteiger partial charge >= 0.3 is 0 Å². The van der Waals surface area contributed by atoms with Crippen molar-refractivity contribution in [1.82, 2.24) is 15.0 Å². The molecule has 0 N–H and O–H groups in total. The Labute approximate surface area is 325 Å². The lowest BCUT2D eigenvalue weighted by molar-refractivity contribution is 0.668. The van der Waals surface area contributed by atoms with Crippen LogP contribution in [0.4, 0.5) is 0 Å². The van der Waals surface area contributed by atoms with Crippen molar-refractivity contribution in [3.63, 3.8) is 0 Å². The first-order valence-electron chi connectivity index (χ1n) is 18.9. The monoisotopic (exact) mass is 731 g/mol. The third-order valence-electron chi connectivity index (χ3n) is 11.0. The van der Waals surface area contributed by atoms with E-state index in [0.29, 0.717) is 17.5 Å². The van der Waals surface area contributed by atoms with Gasteiger partial charge in [0.25, 0.3) is 0 Å². The van der Waals surface area contributed by atoms with Crippen LogP contribution >= 0.6 is 0 Å². The summed E-state index contributed by atoms with van der Waals surface area (Å²) in [6.45, 7) is 0. The van der Waals surface area contributed by atoms with Crippen LogP contribution < -0.4 is 0 Å². The van der Waals surface area contributed by atoms with Crippen LogP contribution in [-0.4, -0.2) is 15.0 Å². The summed E-state index contributed by atoms with van der Waals surface area (Å²) in [7, 11) is 0. The molecular weight excluding hydrogens is 703 g/mol. The van der Waals surface area contributed by atoms with Crippen LogP contribution in [0.15, 0.2) is 189 Å². The third-order valence-corrected chi connectivity index (χ3v) is 11.0. The minimum absolute atomic E-state index is 0.573. The zero-order valence-corrected chi connectivity index (χ0v) is 30.3. The van der Waals surface area contributed by atoms with E-state index < -0.39 is 0 Å². The van der Waals surface area contributed by atoms with Crippen molar-refractivity contribution >= 4 is 65.8 Å². The van der Waals surface area contributed by atoms with E-state index in [2.05, 4.69) is 103 Å². The Balaban J connectivity index is 0.955. The predicted molar refractivity (Wildman–Crippen MR) is 229 cm³/mol. The molecule has 4 heterocycles. The fourth-order valence-electron chi connectivity index (χ4n) is 8.21. The molecule has 0 spiro atoms. The average molecular weight is 732 g/mol. The Hall–Kier alpha value is -7.83. The van der Waals surface area contributed by atoms with Gasteiger partial charge in [-0.25, -0.2) is 15.0 Å². The second kappa shape index (κ2) is 12.3. The molecule has 0 unspecified atom stereocenters. The first kappa shape index (κ1) is 31.5. The van der Waals surface area contributed by atoms with Crippen LogP contribution in [0.25, 0.3) is 122 Å². The highest BCUT2D eigenvalue weighted by Crippen LogP contribution is 2.39. The zero-order valence-electron chi connectivity index (χ0n) is 30.3. The van der Waals surface area contributed by atoms with Crippen LogP contribution in [0.1, 0.15) is 0 Å². The largest absolute Gasteiger partial charge is 0.456 e.